The van der Waals surface area contributed by atoms with Crippen molar-refractivity contribution in [2.45, 2.75) is 26.7 Å². The average molecular weight is 253 g/mol. The first-order chi connectivity index (χ1) is 8.16. The van der Waals surface area contributed by atoms with E-state index in [9.17, 15) is 4.79 Å². The molecule has 1 aliphatic heterocycles. The molecule has 2 heterocycles. The Balaban J connectivity index is 1.76. The zero-order valence-corrected chi connectivity index (χ0v) is 11.2. The van der Waals surface area contributed by atoms with Crippen molar-refractivity contribution < 1.29 is 9.53 Å². The molecule has 0 aliphatic carbocycles. The van der Waals surface area contributed by atoms with Gasteiger partial charge in [-0.3, -0.25) is 4.79 Å². The Morgan fingerprint density at radius 3 is 3.00 bits per heavy atom. The Hall–Kier alpha value is -0.870. The van der Waals surface area contributed by atoms with Crippen LogP contribution in [0.25, 0.3) is 0 Å². The first-order valence-electron chi connectivity index (χ1n) is 6.10. The monoisotopic (exact) mass is 253 g/mol. The average Bonchev–Trinajstić information content (AvgIpc) is 2.90. The summed E-state index contributed by atoms with van der Waals surface area (Å²) < 4.78 is 5.31. The number of ether oxygens (including phenoxy) is 1. The zero-order valence-electron chi connectivity index (χ0n) is 10.4. The fourth-order valence-corrected chi connectivity index (χ4v) is 2.92. The minimum absolute atomic E-state index is 0.0603. The van der Waals surface area contributed by atoms with Crippen LogP contribution in [0.4, 0.5) is 0 Å². The molecule has 1 aromatic heterocycles. The molecule has 1 fully saturated rings. The van der Waals surface area contributed by atoms with E-state index in [1.54, 1.807) is 11.3 Å². The summed E-state index contributed by atoms with van der Waals surface area (Å²) in [7, 11) is 0. The highest BCUT2D eigenvalue weighted by molar-refractivity contribution is 7.14. The molecule has 1 N–H and O–H groups in total. The third-order valence-corrected chi connectivity index (χ3v) is 4.40. The van der Waals surface area contributed by atoms with Crippen LogP contribution in [-0.4, -0.2) is 25.7 Å². The number of amides is 1. The predicted octanol–water partition coefficient (Wildman–Crippen LogP) is 2.52. The molecule has 1 aliphatic rings. The molecule has 1 amide bonds. The Bertz CT molecular complexity index is 375. The minimum Gasteiger partial charge on any atom is -0.381 e. The van der Waals surface area contributed by atoms with Crippen molar-refractivity contribution in [3.05, 3.63) is 21.4 Å². The lowest BCUT2D eigenvalue weighted by Crippen LogP contribution is -2.25. The van der Waals surface area contributed by atoms with Gasteiger partial charge >= 0.3 is 0 Å². The van der Waals surface area contributed by atoms with Gasteiger partial charge in [-0.1, -0.05) is 0 Å². The zero-order chi connectivity index (χ0) is 12.3. The van der Waals surface area contributed by atoms with E-state index in [1.807, 2.05) is 19.9 Å². The smallest absolute Gasteiger partial charge is 0.261 e. The molecule has 17 heavy (non-hydrogen) atoms. The van der Waals surface area contributed by atoms with E-state index in [1.165, 1.54) is 10.4 Å². The van der Waals surface area contributed by atoms with Gasteiger partial charge in [0, 0.05) is 24.6 Å². The van der Waals surface area contributed by atoms with Crippen LogP contribution >= 0.6 is 11.3 Å². The number of carbonyl (C=O) groups is 1. The lowest BCUT2D eigenvalue weighted by atomic mass is 10.1. The molecular weight excluding hydrogens is 234 g/mol. The number of hydrogen-bond donors (Lipinski definition) is 1. The topological polar surface area (TPSA) is 38.3 Å². The largest absolute Gasteiger partial charge is 0.381 e. The molecule has 0 spiro atoms. The van der Waals surface area contributed by atoms with Gasteiger partial charge in [-0.05, 0) is 44.2 Å². The summed E-state index contributed by atoms with van der Waals surface area (Å²) in [6.45, 7) is 6.57. The third kappa shape index (κ3) is 3.30. The van der Waals surface area contributed by atoms with Gasteiger partial charge in [0.25, 0.3) is 5.91 Å². The molecule has 3 nitrogen and oxygen atoms in total. The van der Waals surface area contributed by atoms with Gasteiger partial charge in [-0.2, -0.15) is 0 Å². The van der Waals surface area contributed by atoms with Crippen LogP contribution in [0, 0.1) is 19.8 Å². The van der Waals surface area contributed by atoms with Crippen LogP contribution in [0.1, 0.15) is 33.0 Å². The lowest BCUT2D eigenvalue weighted by molar-refractivity contribution is 0.0954. The standard InChI is InChI=1S/C13H19NO2S/c1-9-7-12(17-10(9)2)13(15)14-5-3-11-4-6-16-8-11/h7,11H,3-6,8H2,1-2H3,(H,14,15)/t11-/m1/s1. The molecule has 0 saturated carbocycles. The molecule has 0 bridgehead atoms. The Morgan fingerprint density at radius 2 is 2.41 bits per heavy atom. The van der Waals surface area contributed by atoms with Crippen LogP contribution in [0.3, 0.4) is 0 Å². The van der Waals surface area contributed by atoms with Crippen LogP contribution in [0.2, 0.25) is 0 Å². The van der Waals surface area contributed by atoms with E-state index in [4.69, 9.17) is 4.74 Å². The summed E-state index contributed by atoms with van der Waals surface area (Å²) in [6.07, 6.45) is 2.15. The van der Waals surface area contributed by atoms with Gasteiger partial charge in [0.15, 0.2) is 0 Å². The van der Waals surface area contributed by atoms with E-state index < -0.39 is 0 Å². The van der Waals surface area contributed by atoms with Crippen LogP contribution in [-0.2, 0) is 4.74 Å². The summed E-state index contributed by atoms with van der Waals surface area (Å²) in [4.78, 5) is 13.9. The third-order valence-electron chi connectivity index (χ3n) is 3.25. The number of nitrogens with one attached hydrogen (secondary N) is 1. The molecule has 0 radical (unpaired) electrons. The molecule has 2 rings (SSSR count). The van der Waals surface area contributed by atoms with E-state index in [-0.39, 0.29) is 5.91 Å². The van der Waals surface area contributed by atoms with Crippen molar-refractivity contribution in [3.63, 3.8) is 0 Å². The van der Waals surface area contributed by atoms with Gasteiger partial charge in [0.2, 0.25) is 0 Å². The van der Waals surface area contributed by atoms with Crippen molar-refractivity contribution in [1.29, 1.82) is 0 Å². The van der Waals surface area contributed by atoms with Crippen molar-refractivity contribution in [2.75, 3.05) is 19.8 Å². The second-order valence-corrected chi connectivity index (χ2v) is 5.88. The summed E-state index contributed by atoms with van der Waals surface area (Å²) in [5.41, 5.74) is 1.20. The lowest BCUT2D eigenvalue weighted by Gasteiger charge is -2.07. The SMILES string of the molecule is Cc1cc(C(=O)NCC[C@@H]2CCOC2)sc1C. The quantitative estimate of drug-likeness (QED) is 0.895. The minimum atomic E-state index is 0.0603. The molecule has 0 aromatic carbocycles. The second-order valence-electron chi connectivity index (χ2n) is 4.62. The highest BCUT2D eigenvalue weighted by atomic mass is 32.1. The van der Waals surface area contributed by atoms with Crippen molar-refractivity contribution in [1.82, 2.24) is 5.32 Å². The number of thiophene rings is 1. The fraction of sp³-hybridized carbons (Fsp3) is 0.615. The Kier molecular flexibility index (Phi) is 4.18. The van der Waals surface area contributed by atoms with E-state index in [0.29, 0.717) is 5.92 Å². The van der Waals surface area contributed by atoms with Gasteiger partial charge in [0.1, 0.15) is 0 Å². The molecule has 1 atom stereocenters. The summed E-state index contributed by atoms with van der Waals surface area (Å²) in [6, 6.07) is 1.97. The Labute approximate surface area is 106 Å². The maximum Gasteiger partial charge on any atom is 0.261 e. The van der Waals surface area contributed by atoms with E-state index >= 15 is 0 Å². The van der Waals surface area contributed by atoms with Gasteiger partial charge in [0.05, 0.1) is 4.88 Å². The summed E-state index contributed by atoms with van der Waals surface area (Å²) in [5, 5.41) is 2.98. The maximum atomic E-state index is 11.9. The number of carbonyl (C=O) groups excluding carboxylic acids is 1. The first-order valence-corrected chi connectivity index (χ1v) is 6.91. The van der Waals surface area contributed by atoms with E-state index in [2.05, 4.69) is 5.32 Å². The van der Waals surface area contributed by atoms with Crippen LogP contribution in [0.15, 0.2) is 6.07 Å². The van der Waals surface area contributed by atoms with Crippen molar-refractivity contribution in [2.24, 2.45) is 5.92 Å². The van der Waals surface area contributed by atoms with Crippen LogP contribution in [0.5, 0.6) is 0 Å². The highest BCUT2D eigenvalue weighted by Crippen LogP contribution is 2.20. The summed E-state index contributed by atoms with van der Waals surface area (Å²) in [5.74, 6) is 0.687. The molecule has 1 aromatic rings. The fourth-order valence-electron chi connectivity index (χ4n) is 1.97. The van der Waals surface area contributed by atoms with Gasteiger partial charge < -0.3 is 10.1 Å². The van der Waals surface area contributed by atoms with Gasteiger partial charge in [-0.25, -0.2) is 0 Å². The number of aryl methyl sites for hydroxylation is 2. The molecule has 1 saturated heterocycles. The molecular formula is C13H19NO2S. The van der Waals surface area contributed by atoms with Crippen molar-refractivity contribution >= 4 is 17.2 Å². The maximum absolute atomic E-state index is 11.9. The first kappa shape index (κ1) is 12.6. The molecule has 94 valence electrons. The molecule has 0 unspecified atom stereocenters. The second kappa shape index (κ2) is 5.65. The Morgan fingerprint density at radius 1 is 1.59 bits per heavy atom. The number of hydrogen-bond acceptors (Lipinski definition) is 3. The normalized spacial score (nSPS) is 19.5. The van der Waals surface area contributed by atoms with E-state index in [0.717, 1.165) is 37.5 Å². The molecule has 4 heteroatoms. The number of rotatable bonds is 4. The summed E-state index contributed by atoms with van der Waals surface area (Å²) >= 11 is 1.57. The predicted molar refractivity (Wildman–Crippen MR) is 69.7 cm³/mol. The highest BCUT2D eigenvalue weighted by Gasteiger charge is 2.16. The van der Waals surface area contributed by atoms with Gasteiger partial charge in [-0.15, -0.1) is 11.3 Å². The van der Waals surface area contributed by atoms with Crippen molar-refractivity contribution in [3.8, 4) is 0 Å². The van der Waals surface area contributed by atoms with Crippen LogP contribution < -0.4 is 5.32 Å².